The maximum Gasteiger partial charge on any atom is 0.203 e. The quantitative estimate of drug-likeness (QED) is 0.809. The van der Waals surface area contributed by atoms with Crippen LogP contribution < -0.4 is 5.32 Å². The molecular formula is C13H22N4. The van der Waals surface area contributed by atoms with Gasteiger partial charge in [0.05, 0.1) is 0 Å². The minimum atomic E-state index is 0.534. The lowest BCUT2D eigenvalue weighted by Gasteiger charge is -2.35. The molecule has 4 heteroatoms. The molecule has 4 nitrogen and oxygen atoms in total. The number of piperidine rings is 1. The van der Waals surface area contributed by atoms with Crippen molar-refractivity contribution in [1.82, 2.24) is 14.5 Å². The normalized spacial score (nSPS) is 25.8. The molecule has 0 aromatic carbocycles. The van der Waals surface area contributed by atoms with Gasteiger partial charge in [0.2, 0.25) is 5.95 Å². The smallest absolute Gasteiger partial charge is 0.203 e. The summed E-state index contributed by atoms with van der Waals surface area (Å²) in [6, 6.07) is 1.18. The molecule has 1 fully saturated rings. The number of rotatable bonds is 4. The summed E-state index contributed by atoms with van der Waals surface area (Å²) in [5, 5.41) is 3.54. The van der Waals surface area contributed by atoms with Gasteiger partial charge in [-0.2, -0.15) is 0 Å². The van der Waals surface area contributed by atoms with Crippen LogP contribution >= 0.6 is 0 Å². The predicted octanol–water partition coefficient (Wildman–Crippen LogP) is 1.96. The molecule has 2 heterocycles. The van der Waals surface area contributed by atoms with E-state index < -0.39 is 0 Å². The first-order chi connectivity index (χ1) is 8.20. The number of nitrogens with one attached hydrogen (secondary N) is 1. The van der Waals surface area contributed by atoms with Crippen molar-refractivity contribution >= 4 is 5.95 Å². The predicted molar refractivity (Wildman–Crippen MR) is 71.2 cm³/mol. The van der Waals surface area contributed by atoms with Crippen molar-refractivity contribution < 1.29 is 0 Å². The number of aromatic nitrogens is 2. The topological polar surface area (TPSA) is 33.1 Å². The van der Waals surface area contributed by atoms with Crippen LogP contribution in [0.2, 0.25) is 0 Å². The van der Waals surface area contributed by atoms with Gasteiger partial charge in [-0.25, -0.2) is 4.98 Å². The molecule has 0 saturated carbocycles. The zero-order valence-corrected chi connectivity index (χ0v) is 10.8. The second-order valence-corrected chi connectivity index (χ2v) is 4.89. The Kier molecular flexibility index (Phi) is 3.84. The Bertz CT molecular complexity index is 371. The molecule has 1 aromatic heterocycles. The third-order valence-electron chi connectivity index (χ3n) is 3.58. The Morgan fingerprint density at radius 3 is 3.18 bits per heavy atom. The van der Waals surface area contributed by atoms with E-state index in [4.69, 9.17) is 0 Å². The van der Waals surface area contributed by atoms with E-state index in [0.717, 1.165) is 19.0 Å². The Morgan fingerprint density at radius 2 is 2.47 bits per heavy atom. The molecule has 2 rings (SSSR count). The molecule has 1 saturated heterocycles. The molecule has 0 bridgehead atoms. The number of hydrogen-bond acceptors (Lipinski definition) is 3. The lowest BCUT2D eigenvalue weighted by atomic mass is 9.99. The molecule has 0 amide bonds. The van der Waals surface area contributed by atoms with Gasteiger partial charge in [0.15, 0.2) is 0 Å². The number of anilines is 1. The number of likely N-dealkylation sites (tertiary alicyclic amines) is 1. The van der Waals surface area contributed by atoms with E-state index in [0.29, 0.717) is 12.1 Å². The minimum absolute atomic E-state index is 0.534. The van der Waals surface area contributed by atoms with Gasteiger partial charge in [-0.05, 0) is 26.8 Å². The molecule has 0 radical (unpaired) electrons. The highest BCUT2D eigenvalue weighted by atomic mass is 15.2. The highest BCUT2D eigenvalue weighted by Gasteiger charge is 2.23. The third kappa shape index (κ3) is 2.88. The molecule has 2 unspecified atom stereocenters. The van der Waals surface area contributed by atoms with Gasteiger partial charge in [0.25, 0.3) is 0 Å². The monoisotopic (exact) mass is 234 g/mol. The summed E-state index contributed by atoms with van der Waals surface area (Å²) >= 11 is 0. The molecule has 2 atom stereocenters. The van der Waals surface area contributed by atoms with Crippen LogP contribution in [0.3, 0.4) is 0 Å². The second-order valence-electron chi connectivity index (χ2n) is 4.89. The molecule has 1 aliphatic rings. The van der Waals surface area contributed by atoms with E-state index in [1.807, 2.05) is 18.5 Å². The van der Waals surface area contributed by atoms with Crippen molar-refractivity contribution in [2.24, 2.45) is 0 Å². The van der Waals surface area contributed by atoms with Crippen LogP contribution in [-0.4, -0.2) is 40.1 Å². The fraction of sp³-hybridized carbons (Fsp3) is 0.615. The summed E-state index contributed by atoms with van der Waals surface area (Å²) in [5.74, 6) is 0.964. The van der Waals surface area contributed by atoms with Gasteiger partial charge in [-0.1, -0.05) is 6.08 Å². The Balaban J connectivity index is 1.96. The van der Waals surface area contributed by atoms with Crippen LogP contribution in [-0.2, 0) is 6.54 Å². The van der Waals surface area contributed by atoms with E-state index in [2.05, 4.69) is 40.3 Å². The summed E-state index contributed by atoms with van der Waals surface area (Å²) in [5.41, 5.74) is 0. The first-order valence-corrected chi connectivity index (χ1v) is 6.29. The summed E-state index contributed by atoms with van der Waals surface area (Å²) in [6.07, 6.45) is 8.08. The van der Waals surface area contributed by atoms with Crippen molar-refractivity contribution in [2.75, 3.05) is 18.9 Å². The first-order valence-electron chi connectivity index (χ1n) is 6.29. The summed E-state index contributed by atoms with van der Waals surface area (Å²) in [7, 11) is 2.19. The summed E-state index contributed by atoms with van der Waals surface area (Å²) in [6.45, 7) is 8.01. The van der Waals surface area contributed by atoms with Crippen LogP contribution in [0.4, 0.5) is 5.95 Å². The SMILES string of the molecule is C=CCn1ccnc1NC1CCN(C)C(C)C1. The van der Waals surface area contributed by atoms with E-state index in [1.165, 1.54) is 12.8 Å². The van der Waals surface area contributed by atoms with Crippen LogP contribution in [0.1, 0.15) is 19.8 Å². The van der Waals surface area contributed by atoms with Crippen molar-refractivity contribution in [2.45, 2.75) is 38.4 Å². The molecule has 1 aromatic rings. The molecule has 1 aliphatic heterocycles. The average molecular weight is 234 g/mol. The van der Waals surface area contributed by atoms with Gasteiger partial charge in [-0.3, -0.25) is 0 Å². The van der Waals surface area contributed by atoms with Crippen LogP contribution in [0.15, 0.2) is 25.0 Å². The largest absolute Gasteiger partial charge is 0.353 e. The zero-order valence-electron chi connectivity index (χ0n) is 10.8. The van der Waals surface area contributed by atoms with Crippen LogP contribution in [0.5, 0.6) is 0 Å². The number of imidazole rings is 1. The van der Waals surface area contributed by atoms with E-state index in [-0.39, 0.29) is 0 Å². The van der Waals surface area contributed by atoms with Crippen molar-refractivity contribution in [3.8, 4) is 0 Å². The second kappa shape index (κ2) is 5.36. The maximum absolute atomic E-state index is 4.36. The van der Waals surface area contributed by atoms with Crippen LogP contribution in [0, 0.1) is 0 Å². The van der Waals surface area contributed by atoms with Gasteiger partial charge >= 0.3 is 0 Å². The lowest BCUT2D eigenvalue weighted by Crippen LogP contribution is -2.43. The fourth-order valence-corrected chi connectivity index (χ4v) is 2.34. The Labute approximate surface area is 103 Å². The zero-order chi connectivity index (χ0) is 12.3. The highest BCUT2D eigenvalue weighted by molar-refractivity contribution is 5.28. The van der Waals surface area contributed by atoms with Gasteiger partial charge in [0, 0.05) is 37.6 Å². The van der Waals surface area contributed by atoms with Crippen molar-refractivity contribution in [3.05, 3.63) is 25.0 Å². The number of hydrogen-bond donors (Lipinski definition) is 1. The average Bonchev–Trinajstić information content (AvgIpc) is 2.72. The first kappa shape index (κ1) is 12.2. The van der Waals surface area contributed by atoms with Gasteiger partial charge < -0.3 is 14.8 Å². The van der Waals surface area contributed by atoms with E-state index in [1.54, 1.807) is 0 Å². The molecule has 0 aliphatic carbocycles. The molecule has 17 heavy (non-hydrogen) atoms. The van der Waals surface area contributed by atoms with E-state index in [9.17, 15) is 0 Å². The van der Waals surface area contributed by atoms with Gasteiger partial charge in [-0.15, -0.1) is 6.58 Å². The Morgan fingerprint density at radius 1 is 1.65 bits per heavy atom. The maximum atomic E-state index is 4.36. The highest BCUT2D eigenvalue weighted by Crippen LogP contribution is 2.19. The summed E-state index contributed by atoms with van der Waals surface area (Å²) < 4.78 is 2.09. The van der Waals surface area contributed by atoms with Crippen LogP contribution in [0.25, 0.3) is 0 Å². The molecular weight excluding hydrogens is 212 g/mol. The number of nitrogens with zero attached hydrogens (tertiary/aromatic N) is 3. The molecule has 1 N–H and O–H groups in total. The summed E-state index contributed by atoms with van der Waals surface area (Å²) in [4.78, 5) is 6.77. The Hall–Kier alpha value is -1.29. The minimum Gasteiger partial charge on any atom is -0.353 e. The van der Waals surface area contributed by atoms with E-state index >= 15 is 0 Å². The standard InChI is InChI=1S/C13H22N4/c1-4-7-17-9-6-14-13(17)15-12-5-8-16(3)11(2)10-12/h4,6,9,11-12H,1,5,7-8,10H2,2-3H3,(H,14,15). The lowest BCUT2D eigenvalue weighted by molar-refractivity contribution is 0.189. The van der Waals surface area contributed by atoms with Crippen molar-refractivity contribution in [3.63, 3.8) is 0 Å². The molecule has 94 valence electrons. The van der Waals surface area contributed by atoms with Crippen molar-refractivity contribution in [1.29, 1.82) is 0 Å². The number of allylic oxidation sites excluding steroid dienone is 1. The van der Waals surface area contributed by atoms with Gasteiger partial charge in [0.1, 0.15) is 0 Å². The molecule has 0 spiro atoms. The fourth-order valence-electron chi connectivity index (χ4n) is 2.34. The third-order valence-corrected chi connectivity index (χ3v) is 3.58.